The summed E-state index contributed by atoms with van der Waals surface area (Å²) < 4.78 is 0. The molecule has 1 atom stereocenters. The van der Waals surface area contributed by atoms with E-state index < -0.39 is 0 Å². The molecule has 1 amide bonds. The van der Waals surface area contributed by atoms with Crippen molar-refractivity contribution in [3.8, 4) is 0 Å². The van der Waals surface area contributed by atoms with Gasteiger partial charge in [-0.15, -0.1) is 0 Å². The van der Waals surface area contributed by atoms with E-state index in [1.165, 1.54) is 16.7 Å². The quantitative estimate of drug-likeness (QED) is 0.455. The Kier molecular flexibility index (Phi) is 5.82. The zero-order valence-electron chi connectivity index (χ0n) is 19.1. The molecule has 1 saturated heterocycles. The molecule has 0 unspecified atom stereocenters. The molecule has 6 heteroatoms. The van der Waals surface area contributed by atoms with Gasteiger partial charge in [-0.25, -0.2) is 4.98 Å². The summed E-state index contributed by atoms with van der Waals surface area (Å²) in [5.74, 6) is 1.25. The fraction of sp³-hybridized carbons (Fsp3) is 0.296. The van der Waals surface area contributed by atoms with Crippen LogP contribution in [0.2, 0.25) is 0 Å². The van der Waals surface area contributed by atoms with Crippen LogP contribution < -0.4 is 5.32 Å². The van der Waals surface area contributed by atoms with Gasteiger partial charge in [-0.3, -0.25) is 9.89 Å². The number of fused-ring (bicyclic) bond motifs is 1. The number of anilines is 1. The van der Waals surface area contributed by atoms with Gasteiger partial charge in [-0.1, -0.05) is 48.5 Å². The molecule has 0 radical (unpaired) electrons. The predicted octanol–water partition coefficient (Wildman–Crippen LogP) is 4.75. The molecule has 2 N–H and O–H groups in total. The zero-order chi connectivity index (χ0) is 22.8. The van der Waals surface area contributed by atoms with Crippen molar-refractivity contribution in [3.63, 3.8) is 0 Å². The first-order valence-electron chi connectivity index (χ1n) is 11.5. The molecule has 1 aliphatic heterocycles. The first-order chi connectivity index (χ1) is 16.1. The van der Waals surface area contributed by atoms with Crippen LogP contribution in [-0.2, 0) is 17.8 Å². The summed E-state index contributed by atoms with van der Waals surface area (Å²) in [6.45, 7) is 6.39. The number of hydrogen-bond donors (Lipinski definition) is 2. The van der Waals surface area contributed by atoms with E-state index in [0.717, 1.165) is 47.6 Å². The summed E-state index contributed by atoms with van der Waals surface area (Å²) in [5.41, 5.74) is 6.57. The number of amides is 1. The topological polar surface area (TPSA) is 73.9 Å². The van der Waals surface area contributed by atoms with Gasteiger partial charge < -0.3 is 10.2 Å². The summed E-state index contributed by atoms with van der Waals surface area (Å²) in [5, 5.41) is 11.9. The summed E-state index contributed by atoms with van der Waals surface area (Å²) >= 11 is 0. The Hall–Kier alpha value is -3.67. The second kappa shape index (κ2) is 9.06. The molecule has 0 saturated carbocycles. The molecule has 2 aromatic carbocycles. The van der Waals surface area contributed by atoms with E-state index in [9.17, 15) is 4.79 Å². The van der Waals surface area contributed by atoms with Crippen molar-refractivity contribution in [3.05, 3.63) is 88.6 Å². The number of likely N-dealkylation sites (tertiary alicyclic amines) is 1. The lowest BCUT2D eigenvalue weighted by molar-refractivity contribution is -0.129. The Bertz CT molecular complexity index is 1280. The first kappa shape index (κ1) is 21.2. The highest BCUT2D eigenvalue weighted by Gasteiger charge is 2.28. The smallest absolute Gasteiger partial charge is 0.227 e. The maximum absolute atomic E-state index is 12.9. The van der Waals surface area contributed by atoms with E-state index in [-0.39, 0.29) is 11.8 Å². The van der Waals surface area contributed by atoms with Crippen LogP contribution >= 0.6 is 0 Å². The Morgan fingerprint density at radius 3 is 2.73 bits per heavy atom. The Labute approximate surface area is 194 Å². The van der Waals surface area contributed by atoms with E-state index in [2.05, 4.69) is 71.8 Å². The largest absolute Gasteiger partial charge is 0.364 e. The zero-order valence-corrected chi connectivity index (χ0v) is 19.1. The highest BCUT2D eigenvalue weighted by Crippen LogP contribution is 2.29. The maximum Gasteiger partial charge on any atom is 0.227 e. The standard InChI is InChI=1S/C27H29N5O/c1-18-8-9-21(14-19(18)2)15-25(33)32-13-12-22(17-32)24-11-10-23-26(30-31-27(23)29-24)28-16-20-6-4-3-5-7-20/h3-11,14,22H,12-13,15-17H2,1-2H3,(H2,28,29,30,31)/t22-/m1/s1. The SMILES string of the molecule is Cc1ccc(CC(=O)N2CC[C@@H](c3ccc4c(NCc5ccccc5)n[nH]c4n3)C2)cc1C. The minimum Gasteiger partial charge on any atom is -0.364 e. The van der Waals surface area contributed by atoms with Gasteiger partial charge in [0, 0.05) is 31.2 Å². The molecule has 1 aliphatic rings. The number of nitrogens with one attached hydrogen (secondary N) is 2. The number of aromatic amines is 1. The van der Waals surface area contributed by atoms with Gasteiger partial charge in [0.15, 0.2) is 11.5 Å². The molecule has 5 rings (SSSR count). The molecule has 4 aromatic rings. The van der Waals surface area contributed by atoms with Gasteiger partial charge in [-0.2, -0.15) is 5.10 Å². The molecule has 33 heavy (non-hydrogen) atoms. The van der Waals surface area contributed by atoms with Crippen LogP contribution in [0, 0.1) is 13.8 Å². The molecule has 2 aromatic heterocycles. The van der Waals surface area contributed by atoms with Crippen molar-refractivity contribution >= 4 is 22.8 Å². The van der Waals surface area contributed by atoms with Crippen molar-refractivity contribution in [1.82, 2.24) is 20.1 Å². The van der Waals surface area contributed by atoms with Crippen LogP contribution in [0.3, 0.4) is 0 Å². The first-order valence-corrected chi connectivity index (χ1v) is 11.5. The van der Waals surface area contributed by atoms with Crippen molar-refractivity contribution in [2.24, 2.45) is 0 Å². The third kappa shape index (κ3) is 4.60. The second-order valence-corrected chi connectivity index (χ2v) is 8.96. The Morgan fingerprint density at radius 2 is 1.91 bits per heavy atom. The van der Waals surface area contributed by atoms with Gasteiger partial charge in [0.2, 0.25) is 5.91 Å². The molecule has 1 fully saturated rings. The number of benzene rings is 2. The van der Waals surface area contributed by atoms with Crippen molar-refractivity contribution in [2.45, 2.75) is 39.2 Å². The lowest BCUT2D eigenvalue weighted by Gasteiger charge is -2.17. The minimum absolute atomic E-state index is 0.191. The van der Waals surface area contributed by atoms with Gasteiger partial charge >= 0.3 is 0 Å². The van der Waals surface area contributed by atoms with Crippen LogP contribution in [0.25, 0.3) is 11.0 Å². The predicted molar refractivity (Wildman–Crippen MR) is 131 cm³/mol. The molecular weight excluding hydrogens is 410 g/mol. The molecule has 6 nitrogen and oxygen atoms in total. The lowest BCUT2D eigenvalue weighted by Crippen LogP contribution is -2.30. The minimum atomic E-state index is 0.191. The number of pyridine rings is 1. The normalized spacial score (nSPS) is 15.8. The van der Waals surface area contributed by atoms with Gasteiger partial charge in [-0.05, 0) is 54.7 Å². The number of aromatic nitrogens is 3. The highest BCUT2D eigenvalue weighted by molar-refractivity contribution is 5.87. The lowest BCUT2D eigenvalue weighted by atomic mass is 10.0. The molecule has 0 spiro atoms. The van der Waals surface area contributed by atoms with Crippen LogP contribution in [0.4, 0.5) is 5.82 Å². The number of carbonyl (C=O) groups excluding carboxylic acids is 1. The number of rotatable bonds is 6. The fourth-order valence-corrected chi connectivity index (χ4v) is 4.49. The molecular formula is C27H29N5O. The number of aryl methyl sites for hydroxylation is 2. The van der Waals surface area contributed by atoms with Crippen LogP contribution in [0.1, 0.15) is 40.3 Å². The van der Waals surface area contributed by atoms with E-state index in [4.69, 9.17) is 4.98 Å². The molecule has 0 bridgehead atoms. The van der Waals surface area contributed by atoms with Crippen molar-refractivity contribution in [2.75, 3.05) is 18.4 Å². The van der Waals surface area contributed by atoms with Crippen molar-refractivity contribution < 1.29 is 4.79 Å². The highest BCUT2D eigenvalue weighted by atomic mass is 16.2. The number of carbonyl (C=O) groups is 1. The number of hydrogen-bond acceptors (Lipinski definition) is 4. The summed E-state index contributed by atoms with van der Waals surface area (Å²) in [6.07, 6.45) is 1.39. The second-order valence-electron chi connectivity index (χ2n) is 8.96. The van der Waals surface area contributed by atoms with Gasteiger partial charge in [0.05, 0.1) is 11.8 Å². The maximum atomic E-state index is 12.9. The van der Waals surface area contributed by atoms with Crippen LogP contribution in [0.5, 0.6) is 0 Å². The van der Waals surface area contributed by atoms with E-state index in [1.807, 2.05) is 23.1 Å². The fourth-order valence-electron chi connectivity index (χ4n) is 4.49. The molecule has 3 heterocycles. The number of H-pyrrole nitrogens is 1. The van der Waals surface area contributed by atoms with E-state index >= 15 is 0 Å². The summed E-state index contributed by atoms with van der Waals surface area (Å²) in [6, 6.07) is 20.7. The monoisotopic (exact) mass is 439 g/mol. The molecule has 0 aliphatic carbocycles. The van der Waals surface area contributed by atoms with Crippen LogP contribution in [0.15, 0.2) is 60.7 Å². The third-order valence-corrected chi connectivity index (χ3v) is 6.63. The summed E-state index contributed by atoms with van der Waals surface area (Å²) in [7, 11) is 0. The third-order valence-electron chi connectivity index (χ3n) is 6.63. The van der Waals surface area contributed by atoms with Gasteiger partial charge in [0.25, 0.3) is 0 Å². The van der Waals surface area contributed by atoms with Gasteiger partial charge in [0.1, 0.15) is 0 Å². The average Bonchev–Trinajstić information content (AvgIpc) is 3.48. The van der Waals surface area contributed by atoms with E-state index in [0.29, 0.717) is 13.0 Å². The van der Waals surface area contributed by atoms with E-state index in [1.54, 1.807) is 0 Å². The number of nitrogens with zero attached hydrogens (tertiary/aromatic N) is 3. The Morgan fingerprint density at radius 1 is 1.06 bits per heavy atom. The summed E-state index contributed by atoms with van der Waals surface area (Å²) in [4.78, 5) is 19.7. The van der Waals surface area contributed by atoms with Crippen LogP contribution in [-0.4, -0.2) is 39.1 Å². The van der Waals surface area contributed by atoms with Crippen molar-refractivity contribution in [1.29, 1.82) is 0 Å². The molecule has 168 valence electrons. The average molecular weight is 440 g/mol. The Balaban J connectivity index is 1.23.